The van der Waals surface area contributed by atoms with Gasteiger partial charge in [0.15, 0.2) is 0 Å². The fourth-order valence-electron chi connectivity index (χ4n) is 0.995. The lowest BCUT2D eigenvalue weighted by molar-refractivity contribution is -0.136. The number of amides is 1. The summed E-state index contributed by atoms with van der Waals surface area (Å²) in [4.78, 5) is 20.8. The number of ether oxygens (including phenoxy) is 1. The molecule has 0 saturated carbocycles. The molecule has 0 aliphatic heterocycles. The van der Waals surface area contributed by atoms with Crippen molar-refractivity contribution >= 4 is 28.0 Å². The van der Waals surface area contributed by atoms with E-state index in [1.807, 2.05) is 12.1 Å². The Balaban J connectivity index is 0.000000388. The van der Waals surface area contributed by atoms with E-state index >= 15 is 0 Å². The minimum absolute atomic E-state index is 0.422. The number of hydrogen-bond acceptors (Lipinski definition) is 3. The summed E-state index contributed by atoms with van der Waals surface area (Å²) < 4.78 is 5.92. The van der Waals surface area contributed by atoms with Crippen LogP contribution < -0.4 is 5.32 Å². The Labute approximate surface area is 127 Å². The topological polar surface area (TPSA) is 75.6 Å². The molecule has 1 amide bonds. The number of carbonyl (C=O) groups excluding carboxylic acids is 1. The molecule has 2 N–H and O–H groups in total. The van der Waals surface area contributed by atoms with Gasteiger partial charge in [0.25, 0.3) is 0 Å². The molecule has 0 bridgehead atoms. The molecule has 0 atom stereocenters. The summed E-state index contributed by atoms with van der Waals surface area (Å²) in [7, 11) is 0. The Kier molecular flexibility index (Phi) is 7.91. The van der Waals surface area contributed by atoms with Gasteiger partial charge in [-0.15, -0.1) is 0 Å². The fourth-order valence-corrected chi connectivity index (χ4v) is 1.26. The van der Waals surface area contributed by atoms with Crippen molar-refractivity contribution in [1.82, 2.24) is 5.32 Å². The molecule has 0 saturated heterocycles. The molecule has 0 aliphatic rings. The number of benzene rings is 1. The predicted molar refractivity (Wildman–Crippen MR) is 80.8 cm³/mol. The standard InChI is InChI=1S/C7H7Br.C7H13NO4/c1-6-2-4-7(8)5-3-6;1-7(2,3)12-6(11)8-4-5(9)10/h2-5H,1H3;4H2,1-3H3,(H,8,11)(H,9,10). The molecular weight excluding hydrogens is 326 g/mol. The number of carboxylic acids is 1. The molecule has 1 aromatic carbocycles. The van der Waals surface area contributed by atoms with Crippen molar-refractivity contribution < 1.29 is 19.4 Å². The number of rotatable bonds is 2. The van der Waals surface area contributed by atoms with Crippen LogP contribution in [0.5, 0.6) is 0 Å². The van der Waals surface area contributed by atoms with Crippen LogP contribution in [0.3, 0.4) is 0 Å². The first-order valence-electron chi connectivity index (χ1n) is 6.01. The summed E-state index contributed by atoms with van der Waals surface area (Å²) in [5, 5.41) is 10.3. The molecule has 0 fully saturated rings. The first-order chi connectivity index (χ1) is 9.10. The third-order valence-corrected chi connectivity index (χ3v) is 2.32. The van der Waals surface area contributed by atoms with Crippen LogP contribution >= 0.6 is 15.9 Å². The van der Waals surface area contributed by atoms with E-state index in [1.165, 1.54) is 5.56 Å². The largest absolute Gasteiger partial charge is 0.480 e. The summed E-state index contributed by atoms with van der Waals surface area (Å²) in [5.41, 5.74) is 0.705. The van der Waals surface area contributed by atoms with Gasteiger partial charge in [0.05, 0.1) is 0 Å². The molecule has 1 aromatic rings. The van der Waals surface area contributed by atoms with Crippen molar-refractivity contribution in [3.8, 4) is 0 Å². The SMILES string of the molecule is CC(C)(C)OC(=O)NCC(=O)O.Cc1ccc(Br)cc1. The van der Waals surface area contributed by atoms with E-state index in [9.17, 15) is 9.59 Å². The quantitative estimate of drug-likeness (QED) is 0.861. The third kappa shape index (κ3) is 11.5. The molecule has 1 rings (SSSR count). The first kappa shape index (κ1) is 18.4. The van der Waals surface area contributed by atoms with E-state index in [-0.39, 0.29) is 0 Å². The Morgan fingerprint density at radius 1 is 1.25 bits per heavy atom. The zero-order valence-electron chi connectivity index (χ0n) is 12.1. The number of carbonyl (C=O) groups is 2. The van der Waals surface area contributed by atoms with Gasteiger partial charge in [0.1, 0.15) is 12.1 Å². The van der Waals surface area contributed by atoms with E-state index in [2.05, 4.69) is 40.3 Å². The molecule has 20 heavy (non-hydrogen) atoms. The van der Waals surface area contributed by atoms with Crippen LogP contribution in [0.1, 0.15) is 26.3 Å². The number of halogens is 1. The van der Waals surface area contributed by atoms with Crippen molar-refractivity contribution in [2.24, 2.45) is 0 Å². The van der Waals surface area contributed by atoms with Gasteiger partial charge < -0.3 is 15.2 Å². The highest BCUT2D eigenvalue weighted by Crippen LogP contribution is 2.08. The molecule has 0 aliphatic carbocycles. The molecule has 0 heterocycles. The Morgan fingerprint density at radius 3 is 2.10 bits per heavy atom. The second-order valence-corrected chi connectivity index (χ2v) is 5.96. The van der Waals surface area contributed by atoms with Crippen molar-refractivity contribution in [2.45, 2.75) is 33.3 Å². The van der Waals surface area contributed by atoms with Crippen molar-refractivity contribution in [1.29, 1.82) is 0 Å². The van der Waals surface area contributed by atoms with E-state index in [0.29, 0.717) is 0 Å². The number of aliphatic carboxylic acids is 1. The average molecular weight is 346 g/mol. The Hall–Kier alpha value is -1.56. The highest BCUT2D eigenvalue weighted by Gasteiger charge is 2.16. The highest BCUT2D eigenvalue weighted by atomic mass is 79.9. The lowest BCUT2D eigenvalue weighted by Gasteiger charge is -2.19. The van der Waals surface area contributed by atoms with E-state index in [0.717, 1.165) is 4.47 Å². The highest BCUT2D eigenvalue weighted by molar-refractivity contribution is 9.10. The summed E-state index contributed by atoms with van der Waals surface area (Å²) >= 11 is 3.35. The maximum Gasteiger partial charge on any atom is 0.408 e. The molecular formula is C14H20BrNO4. The Bertz CT molecular complexity index is 416. The molecule has 0 unspecified atom stereocenters. The molecule has 0 radical (unpaired) electrons. The summed E-state index contributed by atoms with van der Waals surface area (Å²) in [5.74, 6) is -1.10. The zero-order valence-corrected chi connectivity index (χ0v) is 13.7. The molecule has 0 spiro atoms. The predicted octanol–water partition coefficient (Wildman–Crippen LogP) is 3.35. The van der Waals surface area contributed by atoms with Gasteiger partial charge in [-0.1, -0.05) is 33.6 Å². The molecule has 0 aromatic heterocycles. The van der Waals surface area contributed by atoms with Crippen molar-refractivity contribution in [3.05, 3.63) is 34.3 Å². The maximum absolute atomic E-state index is 10.8. The zero-order chi connectivity index (χ0) is 15.8. The van der Waals surface area contributed by atoms with Crippen LogP contribution in [0, 0.1) is 6.92 Å². The lowest BCUT2D eigenvalue weighted by Crippen LogP contribution is -2.35. The monoisotopic (exact) mass is 345 g/mol. The smallest absolute Gasteiger partial charge is 0.408 e. The second-order valence-electron chi connectivity index (χ2n) is 5.04. The van der Waals surface area contributed by atoms with Crippen molar-refractivity contribution in [2.75, 3.05) is 6.54 Å². The number of alkyl carbamates (subject to hydrolysis) is 1. The summed E-state index contributed by atoms with van der Waals surface area (Å²) in [6, 6.07) is 8.22. The van der Waals surface area contributed by atoms with Crippen LogP contribution in [0.15, 0.2) is 28.7 Å². The number of aryl methyl sites for hydroxylation is 1. The second kappa shape index (κ2) is 8.58. The van der Waals surface area contributed by atoms with Crippen LogP contribution in [-0.4, -0.2) is 29.3 Å². The lowest BCUT2D eigenvalue weighted by atomic mass is 10.2. The summed E-state index contributed by atoms with van der Waals surface area (Å²) in [6.07, 6.45) is -0.718. The molecule has 112 valence electrons. The van der Waals surface area contributed by atoms with Gasteiger partial charge in [-0.25, -0.2) is 4.79 Å². The van der Waals surface area contributed by atoms with Gasteiger partial charge in [0.2, 0.25) is 0 Å². The van der Waals surface area contributed by atoms with Crippen LogP contribution in [0.2, 0.25) is 0 Å². The molecule has 6 heteroatoms. The minimum Gasteiger partial charge on any atom is -0.480 e. The van der Waals surface area contributed by atoms with Gasteiger partial charge in [-0.3, -0.25) is 4.79 Å². The average Bonchev–Trinajstić information content (AvgIpc) is 2.29. The number of carboxylic acid groups (broad SMARTS) is 1. The van der Waals surface area contributed by atoms with E-state index < -0.39 is 24.2 Å². The van der Waals surface area contributed by atoms with Crippen LogP contribution in [0.4, 0.5) is 4.79 Å². The normalized spacial score (nSPS) is 10.1. The van der Waals surface area contributed by atoms with Crippen LogP contribution in [0.25, 0.3) is 0 Å². The van der Waals surface area contributed by atoms with Gasteiger partial charge in [0, 0.05) is 4.47 Å². The number of hydrogen-bond donors (Lipinski definition) is 2. The summed E-state index contributed by atoms with van der Waals surface area (Å²) in [6.45, 7) is 6.76. The van der Waals surface area contributed by atoms with E-state index in [4.69, 9.17) is 9.84 Å². The van der Waals surface area contributed by atoms with Crippen LogP contribution in [-0.2, 0) is 9.53 Å². The van der Waals surface area contributed by atoms with Gasteiger partial charge >= 0.3 is 12.1 Å². The van der Waals surface area contributed by atoms with Crippen molar-refractivity contribution in [3.63, 3.8) is 0 Å². The van der Waals surface area contributed by atoms with Gasteiger partial charge in [-0.05, 0) is 39.8 Å². The first-order valence-corrected chi connectivity index (χ1v) is 6.80. The maximum atomic E-state index is 10.8. The van der Waals surface area contributed by atoms with Gasteiger partial charge in [-0.2, -0.15) is 0 Å². The third-order valence-electron chi connectivity index (χ3n) is 1.79. The number of nitrogens with one attached hydrogen (secondary N) is 1. The van der Waals surface area contributed by atoms with E-state index in [1.54, 1.807) is 20.8 Å². The molecule has 5 nitrogen and oxygen atoms in total. The fraction of sp³-hybridized carbons (Fsp3) is 0.429. The Morgan fingerprint density at radius 2 is 1.75 bits per heavy atom. The minimum atomic E-state index is -1.10.